The van der Waals surface area contributed by atoms with Crippen molar-refractivity contribution in [3.05, 3.63) is 27.5 Å². The van der Waals surface area contributed by atoms with Gasteiger partial charge in [-0.25, -0.2) is 0 Å². The van der Waals surface area contributed by atoms with E-state index in [4.69, 9.17) is 5.73 Å². The molecular weight excluding hydrogens is 348 g/mol. The molecular formula is C16H19BrN2OS. The normalized spacial score (nSPS) is 17.2. The van der Waals surface area contributed by atoms with Gasteiger partial charge in [-0.3, -0.25) is 4.79 Å². The molecule has 3 rings (SSSR count). The molecule has 0 radical (unpaired) electrons. The van der Waals surface area contributed by atoms with Crippen LogP contribution < -0.4 is 11.1 Å². The number of amides is 1. The SMILES string of the molecule is CC(NC(=O)c1sc2ccc(Br)cc2c1N)C1CCCC1. The Bertz CT molecular complexity index is 676. The van der Waals surface area contributed by atoms with Crippen LogP contribution in [0, 0.1) is 5.92 Å². The van der Waals surface area contributed by atoms with Crippen molar-refractivity contribution in [1.82, 2.24) is 5.32 Å². The summed E-state index contributed by atoms with van der Waals surface area (Å²) < 4.78 is 2.03. The van der Waals surface area contributed by atoms with Crippen molar-refractivity contribution >= 4 is 48.9 Å². The van der Waals surface area contributed by atoms with E-state index in [1.807, 2.05) is 18.2 Å². The van der Waals surface area contributed by atoms with E-state index in [0.717, 1.165) is 14.6 Å². The fourth-order valence-corrected chi connectivity index (χ4v) is 4.47. The molecule has 1 fully saturated rings. The van der Waals surface area contributed by atoms with Crippen molar-refractivity contribution in [3.8, 4) is 0 Å². The average Bonchev–Trinajstić information content (AvgIpc) is 3.08. The second-order valence-corrected chi connectivity index (χ2v) is 7.76. The Morgan fingerprint density at radius 2 is 2.14 bits per heavy atom. The highest BCUT2D eigenvalue weighted by atomic mass is 79.9. The van der Waals surface area contributed by atoms with Crippen LogP contribution >= 0.6 is 27.3 Å². The summed E-state index contributed by atoms with van der Waals surface area (Å²) in [6.45, 7) is 2.11. The molecule has 3 nitrogen and oxygen atoms in total. The number of fused-ring (bicyclic) bond motifs is 1. The standard InChI is InChI=1S/C16H19BrN2OS/c1-9(10-4-2-3-5-10)19-16(20)15-14(18)12-8-11(17)6-7-13(12)21-15/h6-10H,2-5,18H2,1H3,(H,19,20). The maximum absolute atomic E-state index is 12.5. The number of nitrogen functional groups attached to an aromatic ring is 1. The quantitative estimate of drug-likeness (QED) is 0.836. The lowest BCUT2D eigenvalue weighted by molar-refractivity contribution is 0.0932. The summed E-state index contributed by atoms with van der Waals surface area (Å²) in [6, 6.07) is 6.16. The van der Waals surface area contributed by atoms with Crippen molar-refractivity contribution in [2.75, 3.05) is 5.73 Å². The summed E-state index contributed by atoms with van der Waals surface area (Å²) in [5.74, 6) is 0.572. The molecule has 1 unspecified atom stereocenters. The minimum atomic E-state index is -0.0378. The first kappa shape index (κ1) is 14.9. The molecule has 0 aliphatic heterocycles. The second kappa shape index (κ2) is 5.97. The lowest BCUT2D eigenvalue weighted by Crippen LogP contribution is -2.37. The fraction of sp³-hybridized carbons (Fsp3) is 0.438. The summed E-state index contributed by atoms with van der Waals surface area (Å²) >= 11 is 4.91. The van der Waals surface area contributed by atoms with E-state index in [0.29, 0.717) is 16.5 Å². The monoisotopic (exact) mass is 366 g/mol. The van der Waals surface area contributed by atoms with Gasteiger partial charge in [-0.2, -0.15) is 0 Å². The predicted molar refractivity (Wildman–Crippen MR) is 92.8 cm³/mol. The van der Waals surface area contributed by atoms with Crippen LogP contribution in [-0.4, -0.2) is 11.9 Å². The number of hydrogen-bond donors (Lipinski definition) is 2. The summed E-state index contributed by atoms with van der Waals surface area (Å²) in [7, 11) is 0. The number of thiophene rings is 1. The molecule has 1 aliphatic rings. The molecule has 21 heavy (non-hydrogen) atoms. The highest BCUT2D eigenvalue weighted by Crippen LogP contribution is 2.35. The zero-order valence-corrected chi connectivity index (χ0v) is 14.4. The smallest absolute Gasteiger partial charge is 0.263 e. The maximum atomic E-state index is 12.5. The van der Waals surface area contributed by atoms with Crippen LogP contribution in [0.15, 0.2) is 22.7 Å². The number of nitrogens with one attached hydrogen (secondary N) is 1. The highest BCUT2D eigenvalue weighted by Gasteiger charge is 2.25. The molecule has 112 valence electrons. The molecule has 0 bridgehead atoms. The molecule has 1 amide bonds. The number of halogens is 1. The third-order valence-corrected chi connectivity index (χ3v) is 6.04. The van der Waals surface area contributed by atoms with Crippen LogP contribution in [0.2, 0.25) is 0 Å². The number of anilines is 1. The summed E-state index contributed by atoms with van der Waals surface area (Å²) in [5.41, 5.74) is 6.76. The number of hydrogen-bond acceptors (Lipinski definition) is 3. The Morgan fingerprint density at radius 1 is 1.43 bits per heavy atom. The van der Waals surface area contributed by atoms with Crippen molar-refractivity contribution in [2.24, 2.45) is 5.92 Å². The van der Waals surface area contributed by atoms with Crippen LogP contribution in [-0.2, 0) is 0 Å². The lowest BCUT2D eigenvalue weighted by atomic mass is 10.00. The van der Waals surface area contributed by atoms with Gasteiger partial charge < -0.3 is 11.1 Å². The van der Waals surface area contributed by atoms with E-state index >= 15 is 0 Å². The van der Waals surface area contributed by atoms with Crippen molar-refractivity contribution in [3.63, 3.8) is 0 Å². The zero-order chi connectivity index (χ0) is 15.0. The van der Waals surface area contributed by atoms with E-state index in [-0.39, 0.29) is 11.9 Å². The minimum absolute atomic E-state index is 0.0378. The maximum Gasteiger partial charge on any atom is 0.263 e. The second-order valence-electron chi connectivity index (χ2n) is 5.79. The van der Waals surface area contributed by atoms with Gasteiger partial charge in [0.15, 0.2) is 0 Å². The van der Waals surface area contributed by atoms with Crippen LogP contribution in [0.25, 0.3) is 10.1 Å². The summed E-state index contributed by atoms with van der Waals surface area (Å²) in [5, 5.41) is 4.09. The minimum Gasteiger partial charge on any atom is -0.397 e. The third kappa shape index (κ3) is 2.94. The topological polar surface area (TPSA) is 55.1 Å². The predicted octanol–water partition coefficient (Wildman–Crippen LogP) is 4.55. The number of rotatable bonds is 3. The van der Waals surface area contributed by atoms with Gasteiger partial charge in [-0.15, -0.1) is 11.3 Å². The summed E-state index contributed by atoms with van der Waals surface area (Å²) in [6.07, 6.45) is 5.00. The molecule has 1 heterocycles. The number of benzene rings is 1. The van der Waals surface area contributed by atoms with Crippen molar-refractivity contribution < 1.29 is 4.79 Å². The van der Waals surface area contributed by atoms with Crippen molar-refractivity contribution in [1.29, 1.82) is 0 Å². The zero-order valence-electron chi connectivity index (χ0n) is 12.0. The first-order valence-electron chi connectivity index (χ1n) is 7.34. The number of nitrogens with two attached hydrogens (primary N) is 1. The van der Waals surface area contributed by atoms with Crippen molar-refractivity contribution in [2.45, 2.75) is 38.6 Å². The van der Waals surface area contributed by atoms with Gasteiger partial charge in [0.25, 0.3) is 5.91 Å². The van der Waals surface area contributed by atoms with E-state index in [2.05, 4.69) is 28.2 Å². The number of carbonyl (C=O) groups is 1. The van der Waals surface area contributed by atoms with Gasteiger partial charge in [0.2, 0.25) is 0 Å². The lowest BCUT2D eigenvalue weighted by Gasteiger charge is -2.20. The van der Waals surface area contributed by atoms with Gasteiger partial charge >= 0.3 is 0 Å². The molecule has 2 aromatic rings. The van der Waals surface area contributed by atoms with Crippen LogP contribution in [0.5, 0.6) is 0 Å². The summed E-state index contributed by atoms with van der Waals surface area (Å²) in [4.78, 5) is 13.1. The Balaban J connectivity index is 1.82. The average molecular weight is 367 g/mol. The Kier molecular flexibility index (Phi) is 4.22. The fourth-order valence-electron chi connectivity index (χ4n) is 3.11. The van der Waals surface area contributed by atoms with Gasteiger partial charge in [0.05, 0.1) is 5.69 Å². The molecule has 1 saturated carbocycles. The highest BCUT2D eigenvalue weighted by molar-refractivity contribution is 9.10. The first-order valence-corrected chi connectivity index (χ1v) is 8.95. The van der Waals surface area contributed by atoms with Crippen LogP contribution in [0.1, 0.15) is 42.3 Å². The van der Waals surface area contributed by atoms with Gasteiger partial charge in [0.1, 0.15) is 4.88 Å². The molecule has 1 aromatic carbocycles. The van der Waals surface area contributed by atoms with Gasteiger partial charge in [0, 0.05) is 20.6 Å². The van der Waals surface area contributed by atoms with E-state index < -0.39 is 0 Å². The molecule has 1 aromatic heterocycles. The molecule has 0 spiro atoms. The molecule has 5 heteroatoms. The van der Waals surface area contributed by atoms with Gasteiger partial charge in [-0.05, 0) is 43.9 Å². The van der Waals surface area contributed by atoms with Gasteiger partial charge in [-0.1, -0.05) is 28.8 Å². The molecule has 3 N–H and O–H groups in total. The van der Waals surface area contributed by atoms with E-state index in [1.54, 1.807) is 0 Å². The molecule has 0 saturated heterocycles. The molecule has 1 aliphatic carbocycles. The largest absolute Gasteiger partial charge is 0.397 e. The van der Waals surface area contributed by atoms with E-state index in [9.17, 15) is 4.79 Å². The van der Waals surface area contributed by atoms with Crippen LogP contribution in [0.4, 0.5) is 5.69 Å². The van der Waals surface area contributed by atoms with E-state index in [1.165, 1.54) is 37.0 Å². The van der Waals surface area contributed by atoms with Crippen LogP contribution in [0.3, 0.4) is 0 Å². The Morgan fingerprint density at radius 3 is 2.86 bits per heavy atom. The molecule has 1 atom stereocenters. The Hall–Kier alpha value is -1.07. The third-order valence-electron chi connectivity index (χ3n) is 4.36. The number of carbonyl (C=O) groups excluding carboxylic acids is 1. The first-order chi connectivity index (χ1) is 10.1. The Labute approximate surface area is 137 Å².